The molecule has 1 fully saturated rings. The second-order valence-electron chi connectivity index (χ2n) is 4.22. The summed E-state index contributed by atoms with van der Waals surface area (Å²) in [6.07, 6.45) is 0.583. The van der Waals surface area contributed by atoms with E-state index in [-0.39, 0.29) is 6.04 Å². The van der Waals surface area contributed by atoms with E-state index >= 15 is 0 Å². The second-order valence-corrected chi connectivity index (χ2v) is 4.22. The Labute approximate surface area is 98.7 Å². The first-order chi connectivity index (χ1) is 7.98. The molecule has 0 heterocycles. The third kappa shape index (κ3) is 4.28. The molecule has 2 atom stereocenters. The Balaban J connectivity index is 2.69. The van der Waals surface area contributed by atoms with E-state index in [1.165, 1.54) is 6.20 Å². The summed E-state index contributed by atoms with van der Waals surface area (Å²) in [5, 5.41) is 2.93. The predicted octanol–water partition coefficient (Wildman–Crippen LogP) is 2.05. The van der Waals surface area contributed by atoms with Gasteiger partial charge in [0.05, 0.1) is 6.04 Å². The number of carbonyl (C=O) groups excluding carboxylic acids is 1. The monoisotopic (exact) mass is 250 g/mol. The topological polar surface area (TPSA) is 32.3 Å². The summed E-state index contributed by atoms with van der Waals surface area (Å²) in [7, 11) is 0. The third-order valence-electron chi connectivity index (χ3n) is 2.98. The van der Waals surface area contributed by atoms with Crippen LogP contribution < -0.4 is 5.32 Å². The van der Waals surface area contributed by atoms with E-state index in [9.17, 15) is 18.0 Å². The number of carbonyl (C=O) groups is 1. The zero-order chi connectivity index (χ0) is 12.9. The average molecular weight is 250 g/mol. The Hall–Kier alpha value is -1.20. The first kappa shape index (κ1) is 13.9. The fourth-order valence-electron chi connectivity index (χ4n) is 2.29. The van der Waals surface area contributed by atoms with Crippen LogP contribution in [0.15, 0.2) is 12.8 Å². The van der Waals surface area contributed by atoms with Crippen LogP contribution in [0.5, 0.6) is 0 Å². The van der Waals surface area contributed by atoms with Crippen LogP contribution in [-0.4, -0.2) is 36.1 Å². The number of nitrogens with one attached hydrogen (secondary N) is 1. The molecule has 1 rings (SSSR count). The van der Waals surface area contributed by atoms with E-state index in [4.69, 9.17) is 0 Å². The van der Waals surface area contributed by atoms with Gasteiger partial charge in [-0.25, -0.2) is 0 Å². The number of alkyl halides is 3. The molecule has 17 heavy (non-hydrogen) atoms. The van der Waals surface area contributed by atoms with Crippen molar-refractivity contribution in [3.8, 4) is 0 Å². The van der Waals surface area contributed by atoms with E-state index in [1.54, 1.807) is 0 Å². The molecule has 98 valence electrons. The maximum atomic E-state index is 12.3. The van der Waals surface area contributed by atoms with Crippen molar-refractivity contribution in [1.82, 2.24) is 10.2 Å². The lowest BCUT2D eigenvalue weighted by molar-refractivity contribution is -0.160. The number of halogens is 3. The van der Waals surface area contributed by atoms with Crippen LogP contribution in [0.4, 0.5) is 13.2 Å². The van der Waals surface area contributed by atoms with E-state index in [2.05, 4.69) is 11.9 Å². The van der Waals surface area contributed by atoms with Gasteiger partial charge in [-0.1, -0.05) is 19.4 Å². The first-order valence-electron chi connectivity index (χ1n) is 5.62. The van der Waals surface area contributed by atoms with Gasteiger partial charge >= 0.3 is 6.18 Å². The SMILES string of the molecule is C=CN[C@@H]1CCCC[C@H]1N(C=O)CC(F)(F)F. The van der Waals surface area contributed by atoms with Crippen molar-refractivity contribution in [2.45, 2.75) is 43.9 Å². The summed E-state index contributed by atoms with van der Waals surface area (Å²) in [6.45, 7) is 2.32. The summed E-state index contributed by atoms with van der Waals surface area (Å²) < 4.78 is 37.0. The molecule has 0 unspecified atom stereocenters. The van der Waals surface area contributed by atoms with E-state index in [0.717, 1.165) is 24.2 Å². The molecule has 3 nitrogen and oxygen atoms in total. The standard InChI is InChI=1S/C11H17F3N2O/c1-2-15-9-5-3-4-6-10(9)16(8-17)7-11(12,13)14/h2,8-10,15H,1,3-7H2/t9-,10-/m1/s1. The minimum atomic E-state index is -4.35. The Morgan fingerprint density at radius 3 is 2.53 bits per heavy atom. The van der Waals surface area contributed by atoms with Crippen molar-refractivity contribution in [2.75, 3.05) is 6.54 Å². The minimum absolute atomic E-state index is 0.131. The van der Waals surface area contributed by atoms with Gasteiger partial charge in [0, 0.05) is 6.04 Å². The van der Waals surface area contributed by atoms with Gasteiger partial charge in [0.25, 0.3) is 0 Å². The van der Waals surface area contributed by atoms with Crippen molar-refractivity contribution < 1.29 is 18.0 Å². The molecule has 0 aromatic rings. The van der Waals surface area contributed by atoms with Crippen LogP contribution in [0, 0.1) is 0 Å². The summed E-state index contributed by atoms with van der Waals surface area (Å²) in [5.74, 6) is 0. The molecule has 0 aromatic carbocycles. The molecular weight excluding hydrogens is 233 g/mol. The Bertz CT molecular complexity index is 268. The number of hydrogen-bond donors (Lipinski definition) is 1. The van der Waals surface area contributed by atoms with Crippen molar-refractivity contribution in [3.05, 3.63) is 12.8 Å². The van der Waals surface area contributed by atoms with E-state index in [0.29, 0.717) is 12.8 Å². The molecule has 1 N–H and O–H groups in total. The average Bonchev–Trinajstić information content (AvgIpc) is 2.26. The van der Waals surface area contributed by atoms with Crippen LogP contribution in [-0.2, 0) is 4.79 Å². The molecule has 1 amide bonds. The molecule has 0 spiro atoms. The number of hydrogen-bond acceptors (Lipinski definition) is 2. The third-order valence-corrected chi connectivity index (χ3v) is 2.98. The van der Waals surface area contributed by atoms with Crippen molar-refractivity contribution in [1.29, 1.82) is 0 Å². The number of amides is 1. The van der Waals surface area contributed by atoms with Gasteiger partial charge in [0.15, 0.2) is 0 Å². The second kappa shape index (κ2) is 5.93. The highest BCUT2D eigenvalue weighted by atomic mass is 19.4. The lowest BCUT2D eigenvalue weighted by Gasteiger charge is -2.38. The maximum Gasteiger partial charge on any atom is 0.406 e. The lowest BCUT2D eigenvalue weighted by Crippen LogP contribution is -2.52. The molecule has 0 radical (unpaired) electrons. The van der Waals surface area contributed by atoms with Gasteiger partial charge in [-0.05, 0) is 19.0 Å². The normalized spacial score (nSPS) is 25.1. The Morgan fingerprint density at radius 2 is 2.00 bits per heavy atom. The molecule has 0 saturated heterocycles. The largest absolute Gasteiger partial charge is 0.406 e. The smallest absolute Gasteiger partial charge is 0.387 e. The lowest BCUT2D eigenvalue weighted by atomic mass is 9.89. The summed E-state index contributed by atoms with van der Waals surface area (Å²) in [5.41, 5.74) is 0. The maximum absolute atomic E-state index is 12.3. The molecule has 0 bridgehead atoms. The number of rotatable bonds is 5. The zero-order valence-corrected chi connectivity index (χ0v) is 9.54. The van der Waals surface area contributed by atoms with Crippen molar-refractivity contribution in [3.63, 3.8) is 0 Å². The summed E-state index contributed by atoms with van der Waals surface area (Å²) in [4.78, 5) is 11.7. The highest BCUT2D eigenvalue weighted by Crippen LogP contribution is 2.25. The first-order valence-corrected chi connectivity index (χ1v) is 5.62. The van der Waals surface area contributed by atoms with Crippen LogP contribution in [0.25, 0.3) is 0 Å². The Kier molecular flexibility index (Phi) is 4.84. The Morgan fingerprint density at radius 1 is 1.35 bits per heavy atom. The molecule has 0 aliphatic heterocycles. The van der Waals surface area contributed by atoms with Gasteiger partial charge in [-0.2, -0.15) is 13.2 Å². The van der Waals surface area contributed by atoms with Gasteiger partial charge in [-0.15, -0.1) is 0 Å². The van der Waals surface area contributed by atoms with Crippen LogP contribution in [0.2, 0.25) is 0 Å². The highest BCUT2D eigenvalue weighted by Gasteiger charge is 2.36. The number of nitrogens with zero attached hydrogens (tertiary/aromatic N) is 1. The van der Waals surface area contributed by atoms with Gasteiger partial charge in [0.1, 0.15) is 6.54 Å². The molecule has 0 aromatic heterocycles. The predicted molar refractivity (Wildman–Crippen MR) is 58.2 cm³/mol. The molecule has 1 aliphatic rings. The van der Waals surface area contributed by atoms with Gasteiger partial charge in [0.2, 0.25) is 6.41 Å². The minimum Gasteiger partial charge on any atom is -0.387 e. The van der Waals surface area contributed by atoms with Gasteiger partial charge < -0.3 is 10.2 Å². The quantitative estimate of drug-likeness (QED) is 0.757. The van der Waals surface area contributed by atoms with E-state index < -0.39 is 18.8 Å². The zero-order valence-electron chi connectivity index (χ0n) is 9.54. The molecular formula is C11H17F3N2O. The fraction of sp³-hybridized carbons (Fsp3) is 0.727. The fourth-order valence-corrected chi connectivity index (χ4v) is 2.29. The summed E-state index contributed by atoms with van der Waals surface area (Å²) >= 11 is 0. The van der Waals surface area contributed by atoms with Crippen LogP contribution >= 0.6 is 0 Å². The van der Waals surface area contributed by atoms with E-state index in [1.807, 2.05) is 0 Å². The highest BCUT2D eigenvalue weighted by molar-refractivity contribution is 5.48. The van der Waals surface area contributed by atoms with Gasteiger partial charge in [-0.3, -0.25) is 4.79 Å². The molecule has 1 aliphatic carbocycles. The molecule has 1 saturated carbocycles. The molecule has 6 heteroatoms. The summed E-state index contributed by atoms with van der Waals surface area (Å²) in [6, 6.07) is -0.533. The van der Waals surface area contributed by atoms with Crippen LogP contribution in [0.1, 0.15) is 25.7 Å². The van der Waals surface area contributed by atoms with Crippen molar-refractivity contribution >= 4 is 6.41 Å². The van der Waals surface area contributed by atoms with Crippen molar-refractivity contribution in [2.24, 2.45) is 0 Å². The van der Waals surface area contributed by atoms with Crippen LogP contribution in [0.3, 0.4) is 0 Å².